The van der Waals surface area contributed by atoms with Crippen molar-refractivity contribution in [3.05, 3.63) is 46.0 Å². The van der Waals surface area contributed by atoms with Crippen LogP contribution < -0.4 is 22.1 Å². The number of rotatable bonds is 2. The van der Waals surface area contributed by atoms with Crippen LogP contribution >= 0.6 is 11.6 Å². The Morgan fingerprint density at radius 3 is 2.76 bits per heavy atom. The molecule has 0 saturated carbocycles. The molecule has 2 aromatic rings. The Balaban J connectivity index is 1.20. The van der Waals surface area contributed by atoms with Crippen LogP contribution in [0.1, 0.15) is 44.9 Å². The Morgan fingerprint density at radius 1 is 1.18 bits per heavy atom. The van der Waals surface area contributed by atoms with Crippen molar-refractivity contribution in [1.29, 1.82) is 0 Å². The Hall–Kier alpha value is -3.73. The molecular formula is C21H22ClN9O2. The number of nitrogen functional groups attached to an aromatic ring is 2. The van der Waals surface area contributed by atoms with Crippen molar-refractivity contribution in [2.24, 2.45) is 4.99 Å². The lowest BCUT2D eigenvalue weighted by Gasteiger charge is -2.39. The third-order valence-electron chi connectivity index (χ3n) is 6.18. The first-order valence-corrected chi connectivity index (χ1v) is 10.9. The number of fused-ring (bicyclic) bond motifs is 1. The first kappa shape index (κ1) is 21.1. The predicted octanol–water partition coefficient (Wildman–Crippen LogP) is 0.623. The molecule has 4 heterocycles. The molecule has 33 heavy (non-hydrogen) atoms. The third-order valence-corrected chi connectivity index (χ3v) is 6.46. The van der Waals surface area contributed by atoms with E-state index in [1.807, 2.05) is 17.1 Å². The molecule has 170 valence electrons. The van der Waals surface area contributed by atoms with E-state index in [0.717, 1.165) is 17.7 Å². The molecule has 0 bridgehead atoms. The first-order valence-electron chi connectivity index (χ1n) is 10.5. The van der Waals surface area contributed by atoms with E-state index < -0.39 is 5.91 Å². The molecule has 1 aliphatic carbocycles. The second kappa shape index (κ2) is 8.00. The molecule has 11 nitrogen and oxygen atoms in total. The maximum atomic E-state index is 13.1. The van der Waals surface area contributed by atoms with Gasteiger partial charge in [-0.1, -0.05) is 23.8 Å². The Kier molecular flexibility index (Phi) is 5.12. The zero-order valence-electron chi connectivity index (χ0n) is 17.6. The van der Waals surface area contributed by atoms with Gasteiger partial charge in [0.05, 0.1) is 23.3 Å². The lowest BCUT2D eigenvalue weighted by atomic mass is 9.88. The van der Waals surface area contributed by atoms with Gasteiger partial charge in [0, 0.05) is 31.3 Å². The number of likely N-dealkylation sites (tertiary alicyclic amines) is 1. The number of guanidine groups is 1. The van der Waals surface area contributed by atoms with E-state index in [1.54, 1.807) is 12.3 Å². The van der Waals surface area contributed by atoms with E-state index in [9.17, 15) is 9.59 Å². The van der Waals surface area contributed by atoms with Crippen LogP contribution in [0.5, 0.6) is 0 Å². The summed E-state index contributed by atoms with van der Waals surface area (Å²) in [6, 6.07) is 1.78. The summed E-state index contributed by atoms with van der Waals surface area (Å²) in [5, 5.41) is 5.87. The highest BCUT2D eigenvalue weighted by Gasteiger charge is 2.40. The van der Waals surface area contributed by atoms with Gasteiger partial charge in [0.2, 0.25) is 0 Å². The number of amides is 2. The van der Waals surface area contributed by atoms with Crippen LogP contribution in [0.15, 0.2) is 23.3 Å². The first-order chi connectivity index (χ1) is 15.8. The van der Waals surface area contributed by atoms with Gasteiger partial charge in [-0.05, 0) is 18.9 Å². The van der Waals surface area contributed by atoms with E-state index in [2.05, 4.69) is 30.6 Å². The van der Waals surface area contributed by atoms with Crippen molar-refractivity contribution in [3.8, 4) is 0 Å². The van der Waals surface area contributed by atoms with E-state index in [1.165, 1.54) is 0 Å². The predicted molar refractivity (Wildman–Crippen MR) is 124 cm³/mol. The molecule has 0 unspecified atom stereocenters. The number of allylic oxidation sites excluding steroid dienone is 1. The summed E-state index contributed by atoms with van der Waals surface area (Å²) in [7, 11) is 0. The smallest absolute Gasteiger partial charge is 0.280 e. The van der Waals surface area contributed by atoms with E-state index in [0.29, 0.717) is 44.0 Å². The number of halogens is 1. The Morgan fingerprint density at radius 2 is 1.97 bits per heavy atom. The number of nitrogens with one attached hydrogen (secondary N) is 2. The fraction of sp³-hybridized carbons (Fsp3) is 0.333. The molecule has 2 aliphatic heterocycles. The van der Waals surface area contributed by atoms with Crippen molar-refractivity contribution in [2.45, 2.75) is 24.8 Å². The normalized spacial score (nSPS) is 18.1. The minimum absolute atomic E-state index is 0.0109. The lowest BCUT2D eigenvalue weighted by molar-refractivity contribution is 0.0668. The number of nitrogens with zero attached hydrogens (tertiary/aromatic N) is 5. The average molecular weight is 468 g/mol. The number of nitrogens with two attached hydrogens (primary N) is 2. The largest absolute Gasteiger partial charge is 0.382 e. The van der Waals surface area contributed by atoms with Gasteiger partial charge in [-0.15, -0.1) is 0 Å². The zero-order valence-corrected chi connectivity index (χ0v) is 18.4. The summed E-state index contributed by atoms with van der Waals surface area (Å²) in [4.78, 5) is 44.1. The van der Waals surface area contributed by atoms with Gasteiger partial charge >= 0.3 is 0 Å². The molecule has 2 aromatic heterocycles. The molecule has 2 amide bonds. The minimum Gasteiger partial charge on any atom is -0.382 e. The zero-order chi connectivity index (χ0) is 23.2. The van der Waals surface area contributed by atoms with Gasteiger partial charge in [0.15, 0.2) is 28.4 Å². The fourth-order valence-electron chi connectivity index (χ4n) is 4.34. The molecular weight excluding hydrogens is 446 g/mol. The number of carbonyl (C=O) groups excluding carboxylic acids is 2. The Labute approximate surface area is 194 Å². The number of pyridine rings is 1. The molecule has 1 fully saturated rings. The molecule has 6 N–H and O–H groups in total. The molecule has 3 aliphatic rings. The van der Waals surface area contributed by atoms with Gasteiger partial charge in [-0.2, -0.15) is 0 Å². The molecule has 1 saturated heterocycles. The summed E-state index contributed by atoms with van der Waals surface area (Å²) >= 11 is 5.86. The van der Waals surface area contributed by atoms with Crippen LogP contribution in [-0.2, 0) is 6.42 Å². The van der Waals surface area contributed by atoms with Crippen LogP contribution in [0.4, 0.5) is 11.6 Å². The van der Waals surface area contributed by atoms with Crippen LogP contribution in [-0.4, -0.2) is 62.8 Å². The highest BCUT2D eigenvalue weighted by molar-refractivity contribution is 6.31. The minimum atomic E-state index is -0.586. The van der Waals surface area contributed by atoms with Gasteiger partial charge < -0.3 is 21.7 Å². The van der Waals surface area contributed by atoms with Gasteiger partial charge in [0.1, 0.15) is 0 Å². The van der Waals surface area contributed by atoms with Crippen molar-refractivity contribution < 1.29 is 9.59 Å². The number of aliphatic imine (C=N–C) groups is 1. The molecule has 0 radical (unpaired) electrons. The van der Waals surface area contributed by atoms with Crippen molar-refractivity contribution in [1.82, 2.24) is 30.5 Å². The SMILES string of the molecule is Nc1nc(N)c(C(=O)NC2=NCC3(CCN(C(=O)c4ccnc5c4C=CC5)CC3)N2)nc1Cl. The van der Waals surface area contributed by atoms with Crippen LogP contribution in [0.3, 0.4) is 0 Å². The Bertz CT molecular complexity index is 1220. The monoisotopic (exact) mass is 467 g/mol. The lowest BCUT2D eigenvalue weighted by Crippen LogP contribution is -2.57. The van der Waals surface area contributed by atoms with Crippen LogP contribution in [0, 0.1) is 0 Å². The van der Waals surface area contributed by atoms with Gasteiger partial charge in [-0.3, -0.25) is 24.9 Å². The summed E-state index contributed by atoms with van der Waals surface area (Å²) in [6.07, 6.45) is 7.83. The van der Waals surface area contributed by atoms with Crippen molar-refractivity contribution in [2.75, 3.05) is 31.1 Å². The van der Waals surface area contributed by atoms with Crippen molar-refractivity contribution in [3.63, 3.8) is 0 Å². The average Bonchev–Trinajstić information content (AvgIpc) is 3.43. The number of anilines is 2. The van der Waals surface area contributed by atoms with E-state index >= 15 is 0 Å². The molecule has 0 aromatic carbocycles. The van der Waals surface area contributed by atoms with Gasteiger partial charge in [0.25, 0.3) is 11.8 Å². The van der Waals surface area contributed by atoms with E-state index in [-0.39, 0.29) is 33.9 Å². The number of hydrogen-bond donors (Lipinski definition) is 4. The topological polar surface area (TPSA) is 165 Å². The van der Waals surface area contributed by atoms with Crippen LogP contribution in [0.25, 0.3) is 6.08 Å². The highest BCUT2D eigenvalue weighted by atomic mass is 35.5. The summed E-state index contributed by atoms with van der Waals surface area (Å²) in [5.74, 6) is -0.415. The van der Waals surface area contributed by atoms with Crippen LogP contribution in [0.2, 0.25) is 5.15 Å². The summed E-state index contributed by atoms with van der Waals surface area (Å²) < 4.78 is 0. The molecule has 0 atom stereocenters. The maximum absolute atomic E-state index is 13.1. The summed E-state index contributed by atoms with van der Waals surface area (Å²) in [5.41, 5.74) is 13.4. The molecule has 5 rings (SSSR count). The second-order valence-corrected chi connectivity index (χ2v) is 8.63. The number of piperidine rings is 1. The molecule has 1 spiro atoms. The van der Waals surface area contributed by atoms with Gasteiger partial charge in [-0.25, -0.2) is 9.97 Å². The molecule has 12 heteroatoms. The quantitative estimate of drug-likeness (QED) is 0.499. The van der Waals surface area contributed by atoms with Crippen molar-refractivity contribution >= 4 is 47.1 Å². The standard InChI is InChI=1S/C21H22ClN9O2/c22-15-17(24)28-16(23)14(27-15)18(32)29-20-26-10-21(30-20)5-8-31(9-6-21)19(33)12-4-7-25-13-3-1-2-11(12)13/h1-2,4,7H,3,5-6,8-10H2,(H4,23,24,28)(H2,26,29,30,32). The number of hydrogen-bond acceptors (Lipinski definition) is 9. The summed E-state index contributed by atoms with van der Waals surface area (Å²) in [6.45, 7) is 1.65. The number of aromatic nitrogens is 3. The van der Waals surface area contributed by atoms with E-state index in [4.69, 9.17) is 23.1 Å². The highest BCUT2D eigenvalue weighted by Crippen LogP contribution is 2.28. The number of carbonyl (C=O) groups is 2. The third kappa shape index (κ3) is 3.84. The maximum Gasteiger partial charge on any atom is 0.280 e. The fourth-order valence-corrected chi connectivity index (χ4v) is 4.46. The second-order valence-electron chi connectivity index (χ2n) is 8.28.